The van der Waals surface area contributed by atoms with Crippen molar-refractivity contribution in [3.05, 3.63) is 0 Å². The summed E-state index contributed by atoms with van der Waals surface area (Å²) in [5.41, 5.74) is -0.892. The van der Waals surface area contributed by atoms with Crippen LogP contribution in [0, 0.1) is 0 Å². The molecule has 1 rings (SSSR count). The maximum Gasteiger partial charge on any atom is 0.161 e. The van der Waals surface area contributed by atoms with Crippen LogP contribution in [0.25, 0.3) is 0 Å². The largest absolute Gasteiger partial charge is 0.394 e. The molecule has 1 heterocycles. The minimum atomic E-state index is -1.36. The Hall–Kier alpha value is -0.0100. The van der Waals surface area contributed by atoms with E-state index in [9.17, 15) is 14.4 Å². The van der Waals surface area contributed by atoms with Crippen molar-refractivity contribution >= 4 is 10.8 Å². The molecule has 0 aromatic rings. The lowest BCUT2D eigenvalue weighted by Gasteiger charge is -2.10. The zero-order valence-electron chi connectivity index (χ0n) is 6.58. The molecule has 1 saturated heterocycles. The maximum atomic E-state index is 10.9. The van der Waals surface area contributed by atoms with E-state index in [-0.39, 0.29) is 6.61 Å². The second kappa shape index (κ2) is 3.80. The molecule has 5 atom stereocenters. The highest BCUT2D eigenvalue weighted by Crippen LogP contribution is 2.22. The molecular formula is C6H12O5S. The summed E-state index contributed by atoms with van der Waals surface area (Å²) in [6, 6.07) is 0. The molecule has 1 aliphatic rings. The van der Waals surface area contributed by atoms with Crippen LogP contribution < -0.4 is 0 Å². The van der Waals surface area contributed by atoms with E-state index in [2.05, 4.69) is 0 Å². The summed E-state index contributed by atoms with van der Waals surface area (Å²) < 4.78 is 15.8. The number of aliphatic hydroxyl groups is 3. The molecule has 0 aliphatic carbocycles. The van der Waals surface area contributed by atoms with Crippen molar-refractivity contribution in [1.29, 1.82) is 0 Å². The van der Waals surface area contributed by atoms with Gasteiger partial charge in [0.15, 0.2) is 5.44 Å². The molecule has 1 fully saturated rings. The summed E-state index contributed by atoms with van der Waals surface area (Å²) in [5.74, 6) is 0. The summed E-state index contributed by atoms with van der Waals surface area (Å²) in [5, 5.41) is 27.1. The van der Waals surface area contributed by atoms with Crippen molar-refractivity contribution in [3.8, 4) is 0 Å². The van der Waals surface area contributed by atoms with Gasteiger partial charge >= 0.3 is 0 Å². The van der Waals surface area contributed by atoms with Crippen LogP contribution in [0.2, 0.25) is 0 Å². The summed E-state index contributed by atoms with van der Waals surface area (Å²) in [6.07, 6.45) is -1.77. The summed E-state index contributed by atoms with van der Waals surface area (Å²) in [4.78, 5) is 0. The Labute approximate surface area is 72.4 Å². The van der Waals surface area contributed by atoms with E-state index in [0.717, 1.165) is 0 Å². The van der Waals surface area contributed by atoms with Gasteiger partial charge in [-0.25, -0.2) is 0 Å². The van der Waals surface area contributed by atoms with Crippen molar-refractivity contribution in [1.82, 2.24) is 0 Å². The molecule has 2 unspecified atom stereocenters. The molecule has 12 heavy (non-hydrogen) atoms. The van der Waals surface area contributed by atoms with E-state index < -0.39 is 34.5 Å². The van der Waals surface area contributed by atoms with Crippen molar-refractivity contribution < 1.29 is 24.3 Å². The Bertz CT molecular complexity index is 185. The summed E-state index contributed by atoms with van der Waals surface area (Å²) >= 11 is 0. The van der Waals surface area contributed by atoms with Crippen LogP contribution in [0.4, 0.5) is 0 Å². The molecule has 0 aromatic heterocycles. The van der Waals surface area contributed by atoms with Crippen LogP contribution in [0.15, 0.2) is 0 Å². The third kappa shape index (κ3) is 1.67. The molecule has 0 amide bonds. The molecule has 1 aliphatic heterocycles. The average molecular weight is 196 g/mol. The molecule has 3 N–H and O–H groups in total. The molecule has 6 heteroatoms. The SMILES string of the molecule is CS(=O)C1O[C@H](CO)[C@H](O)[C@H]1O. The van der Waals surface area contributed by atoms with Crippen molar-refractivity contribution in [2.45, 2.75) is 23.7 Å². The van der Waals surface area contributed by atoms with Crippen LogP contribution in [0.3, 0.4) is 0 Å². The second-order valence-electron chi connectivity index (χ2n) is 2.71. The Morgan fingerprint density at radius 1 is 1.42 bits per heavy atom. The fourth-order valence-electron chi connectivity index (χ4n) is 1.14. The lowest BCUT2D eigenvalue weighted by Crippen LogP contribution is -2.34. The van der Waals surface area contributed by atoms with E-state index >= 15 is 0 Å². The van der Waals surface area contributed by atoms with Gasteiger partial charge in [-0.05, 0) is 0 Å². The number of aliphatic hydroxyl groups excluding tert-OH is 3. The lowest BCUT2D eigenvalue weighted by molar-refractivity contribution is -0.00840. The minimum absolute atomic E-state index is 0.383. The topological polar surface area (TPSA) is 87.0 Å². The predicted molar refractivity (Wildman–Crippen MR) is 41.8 cm³/mol. The van der Waals surface area contributed by atoms with E-state index in [1.54, 1.807) is 0 Å². The molecule has 0 saturated carbocycles. The number of rotatable bonds is 2. The second-order valence-corrected chi connectivity index (χ2v) is 4.17. The quantitative estimate of drug-likeness (QED) is 0.467. The fourth-order valence-corrected chi connectivity index (χ4v) is 1.99. The van der Waals surface area contributed by atoms with Crippen molar-refractivity contribution in [3.63, 3.8) is 0 Å². The Morgan fingerprint density at radius 2 is 2.00 bits per heavy atom. The van der Waals surface area contributed by atoms with Crippen LogP contribution in [0.5, 0.6) is 0 Å². The molecule has 5 nitrogen and oxygen atoms in total. The van der Waals surface area contributed by atoms with E-state index in [0.29, 0.717) is 0 Å². The summed E-state index contributed by atoms with van der Waals surface area (Å²) in [7, 11) is -1.36. The van der Waals surface area contributed by atoms with Gasteiger partial charge in [-0.3, -0.25) is 4.21 Å². The Kier molecular flexibility index (Phi) is 3.19. The molecule has 0 aromatic carbocycles. The highest BCUT2D eigenvalue weighted by Gasteiger charge is 2.44. The van der Waals surface area contributed by atoms with Gasteiger partial charge in [0.1, 0.15) is 18.3 Å². The number of hydrogen-bond donors (Lipinski definition) is 3. The first kappa shape index (κ1) is 10.1. The molecule has 0 radical (unpaired) electrons. The third-order valence-electron chi connectivity index (χ3n) is 1.83. The third-order valence-corrected chi connectivity index (χ3v) is 2.87. The first-order chi connectivity index (χ1) is 5.57. The Balaban J connectivity index is 2.66. The standard InChI is InChI=1S/C6H12O5S/c1-12(10)6-5(9)4(8)3(2-7)11-6/h3-9H,2H2,1H3/t3-,4+,5-,6?,12?/m1/s1. The average Bonchev–Trinajstić information content (AvgIpc) is 2.30. The van der Waals surface area contributed by atoms with E-state index in [1.807, 2.05) is 0 Å². The zero-order valence-corrected chi connectivity index (χ0v) is 7.40. The zero-order chi connectivity index (χ0) is 9.30. The first-order valence-electron chi connectivity index (χ1n) is 3.52. The molecule has 0 spiro atoms. The first-order valence-corrected chi connectivity index (χ1v) is 5.14. The fraction of sp³-hybridized carbons (Fsp3) is 1.00. The van der Waals surface area contributed by atoms with Crippen molar-refractivity contribution in [2.75, 3.05) is 12.9 Å². The smallest absolute Gasteiger partial charge is 0.161 e. The highest BCUT2D eigenvalue weighted by atomic mass is 32.2. The lowest BCUT2D eigenvalue weighted by atomic mass is 10.2. The molecule has 72 valence electrons. The van der Waals surface area contributed by atoms with Gasteiger partial charge in [0.25, 0.3) is 0 Å². The number of ether oxygens (including phenoxy) is 1. The van der Waals surface area contributed by atoms with Gasteiger partial charge in [0, 0.05) is 6.26 Å². The van der Waals surface area contributed by atoms with Crippen LogP contribution in [-0.2, 0) is 15.5 Å². The van der Waals surface area contributed by atoms with Crippen LogP contribution in [-0.4, -0.2) is 56.1 Å². The van der Waals surface area contributed by atoms with E-state index in [1.165, 1.54) is 6.26 Å². The minimum Gasteiger partial charge on any atom is -0.394 e. The highest BCUT2D eigenvalue weighted by molar-refractivity contribution is 7.84. The van der Waals surface area contributed by atoms with Gasteiger partial charge in [-0.15, -0.1) is 0 Å². The van der Waals surface area contributed by atoms with Crippen LogP contribution in [0.1, 0.15) is 0 Å². The monoisotopic (exact) mass is 196 g/mol. The van der Waals surface area contributed by atoms with Gasteiger partial charge in [-0.2, -0.15) is 0 Å². The predicted octanol–water partition coefficient (Wildman–Crippen LogP) is -2.20. The van der Waals surface area contributed by atoms with Gasteiger partial charge in [0.2, 0.25) is 0 Å². The number of hydrogen-bond acceptors (Lipinski definition) is 5. The van der Waals surface area contributed by atoms with Gasteiger partial charge in [0.05, 0.1) is 17.4 Å². The Morgan fingerprint density at radius 3 is 2.25 bits per heavy atom. The van der Waals surface area contributed by atoms with Gasteiger partial charge < -0.3 is 20.1 Å². The van der Waals surface area contributed by atoms with Gasteiger partial charge in [-0.1, -0.05) is 0 Å². The summed E-state index contributed by atoms with van der Waals surface area (Å²) in [6.45, 7) is -0.383. The van der Waals surface area contributed by atoms with E-state index in [4.69, 9.17) is 9.84 Å². The molecular weight excluding hydrogens is 184 g/mol. The normalized spacial score (nSPS) is 44.7. The maximum absolute atomic E-state index is 10.9. The van der Waals surface area contributed by atoms with Crippen LogP contribution >= 0.6 is 0 Å². The molecule has 0 bridgehead atoms. The van der Waals surface area contributed by atoms with Crippen molar-refractivity contribution in [2.24, 2.45) is 0 Å².